The molecule has 326 valence electrons. The lowest BCUT2D eigenvalue weighted by atomic mass is 10.0. The molecule has 0 amide bonds. The van der Waals surface area contributed by atoms with Crippen LogP contribution in [0.2, 0.25) is 0 Å². The Morgan fingerprint density at radius 2 is 0.400 bits per heavy atom. The summed E-state index contributed by atoms with van der Waals surface area (Å²) in [5, 5.41) is 9.81. The molecule has 15 aromatic rings. The molecule has 5 heteroatoms. The normalized spacial score (nSPS) is 12.0. The molecule has 0 saturated heterocycles. The summed E-state index contributed by atoms with van der Waals surface area (Å²) in [6.45, 7) is 0. The lowest BCUT2D eigenvalue weighted by molar-refractivity contribution is 1.13. The van der Waals surface area contributed by atoms with Crippen molar-refractivity contribution in [3.8, 4) is 45.3 Å². The monoisotopic (exact) mass is 891 g/mol. The van der Waals surface area contributed by atoms with Gasteiger partial charge in [-0.1, -0.05) is 152 Å². The molecular formula is C65H41N5. The number of benzene rings is 10. The van der Waals surface area contributed by atoms with E-state index in [-0.39, 0.29) is 0 Å². The highest BCUT2D eigenvalue weighted by atomic mass is 15.0. The van der Waals surface area contributed by atoms with Gasteiger partial charge in [-0.25, -0.2) is 4.98 Å². The molecule has 0 atom stereocenters. The van der Waals surface area contributed by atoms with Crippen LogP contribution in [0, 0.1) is 0 Å². The maximum atomic E-state index is 5.66. The summed E-state index contributed by atoms with van der Waals surface area (Å²) in [5.74, 6) is 0. The highest BCUT2D eigenvalue weighted by Gasteiger charge is 2.20. The molecule has 0 saturated carbocycles. The Balaban J connectivity index is 0.993. The predicted octanol–water partition coefficient (Wildman–Crippen LogP) is 16.8. The van der Waals surface area contributed by atoms with Gasteiger partial charge in [-0.15, -0.1) is 0 Å². The fourth-order valence-corrected chi connectivity index (χ4v) is 11.6. The van der Waals surface area contributed by atoms with E-state index >= 15 is 0 Å². The molecule has 0 fully saturated rings. The Kier molecular flexibility index (Phi) is 8.29. The first-order valence-electron chi connectivity index (χ1n) is 24.0. The molecule has 15 rings (SSSR count). The molecular weight excluding hydrogens is 851 g/mol. The fourth-order valence-electron chi connectivity index (χ4n) is 11.6. The van der Waals surface area contributed by atoms with Gasteiger partial charge in [0, 0.05) is 77.0 Å². The van der Waals surface area contributed by atoms with Crippen molar-refractivity contribution in [1.29, 1.82) is 0 Å². The second-order valence-electron chi connectivity index (χ2n) is 18.4. The summed E-state index contributed by atoms with van der Waals surface area (Å²) in [4.78, 5) is 5.66. The summed E-state index contributed by atoms with van der Waals surface area (Å²) in [6, 6.07) is 90.4. The van der Waals surface area contributed by atoms with Crippen LogP contribution in [-0.2, 0) is 0 Å². The van der Waals surface area contributed by atoms with E-state index in [0.717, 1.165) is 89.4 Å². The van der Waals surface area contributed by atoms with Gasteiger partial charge in [-0.2, -0.15) is 0 Å². The van der Waals surface area contributed by atoms with E-state index in [2.05, 4.69) is 267 Å². The molecule has 0 N–H and O–H groups in total. The van der Waals surface area contributed by atoms with E-state index in [1.165, 1.54) is 43.1 Å². The maximum Gasteiger partial charge on any atom is 0.0711 e. The zero-order valence-corrected chi connectivity index (χ0v) is 37.9. The van der Waals surface area contributed by atoms with Crippen LogP contribution in [0.5, 0.6) is 0 Å². The predicted molar refractivity (Wildman–Crippen MR) is 292 cm³/mol. The number of fused-ring (bicyclic) bond motifs is 12. The van der Waals surface area contributed by atoms with E-state index in [1.54, 1.807) is 0 Å². The Labute approximate surface area is 402 Å². The lowest BCUT2D eigenvalue weighted by Crippen LogP contribution is -2.01. The molecule has 0 spiro atoms. The molecule has 5 aromatic heterocycles. The standard InChI is InChI=1S/C65H41N5/c1-9-28-58-48(18-1)49-19-2-10-29-59(49)67(58)44-36-42(37-45(40-44)68-60-30-11-3-20-50(60)51-21-4-12-31-61(51)68)56-26-17-27-57(66-56)43-38-46(69-62-32-13-5-22-52(62)53-23-6-14-33-63(53)69)41-47(39-43)70-64-34-15-7-24-54(64)55-25-8-16-35-65(55)70/h1-41H. The van der Waals surface area contributed by atoms with Gasteiger partial charge < -0.3 is 18.3 Å². The van der Waals surface area contributed by atoms with Gasteiger partial charge in [0.15, 0.2) is 0 Å². The summed E-state index contributed by atoms with van der Waals surface area (Å²) in [6.07, 6.45) is 0. The first-order valence-corrected chi connectivity index (χ1v) is 24.0. The molecule has 5 heterocycles. The second kappa shape index (κ2) is 15.0. The van der Waals surface area contributed by atoms with Crippen LogP contribution < -0.4 is 0 Å². The van der Waals surface area contributed by atoms with Crippen LogP contribution in [0.15, 0.2) is 249 Å². The Hall–Kier alpha value is -9.45. The summed E-state index contributed by atoms with van der Waals surface area (Å²) >= 11 is 0. The number of pyridine rings is 1. The molecule has 0 bridgehead atoms. The third-order valence-corrected chi connectivity index (χ3v) is 14.5. The molecule has 10 aromatic carbocycles. The van der Waals surface area contributed by atoms with E-state index in [1.807, 2.05) is 0 Å². The van der Waals surface area contributed by atoms with E-state index < -0.39 is 0 Å². The molecule has 0 unspecified atom stereocenters. The highest BCUT2D eigenvalue weighted by Crippen LogP contribution is 2.40. The zero-order valence-electron chi connectivity index (χ0n) is 37.9. The Morgan fingerprint density at radius 3 is 0.614 bits per heavy atom. The van der Waals surface area contributed by atoms with Crippen LogP contribution in [0.25, 0.3) is 132 Å². The number of nitrogens with zero attached hydrogens (tertiary/aromatic N) is 5. The van der Waals surface area contributed by atoms with Gasteiger partial charge in [0.1, 0.15) is 0 Å². The third kappa shape index (κ3) is 5.69. The van der Waals surface area contributed by atoms with Crippen molar-refractivity contribution >= 4 is 87.2 Å². The highest BCUT2D eigenvalue weighted by molar-refractivity contribution is 6.12. The topological polar surface area (TPSA) is 32.6 Å². The number of rotatable bonds is 6. The zero-order chi connectivity index (χ0) is 45.9. The number of aromatic nitrogens is 5. The van der Waals surface area contributed by atoms with Crippen LogP contribution in [0.1, 0.15) is 0 Å². The molecule has 70 heavy (non-hydrogen) atoms. The molecule has 5 nitrogen and oxygen atoms in total. The number of para-hydroxylation sites is 8. The van der Waals surface area contributed by atoms with Gasteiger partial charge in [0.2, 0.25) is 0 Å². The van der Waals surface area contributed by atoms with Crippen molar-refractivity contribution in [2.24, 2.45) is 0 Å². The van der Waals surface area contributed by atoms with Crippen molar-refractivity contribution < 1.29 is 0 Å². The van der Waals surface area contributed by atoms with Crippen molar-refractivity contribution in [3.05, 3.63) is 249 Å². The quantitative estimate of drug-likeness (QED) is 0.164. The summed E-state index contributed by atoms with van der Waals surface area (Å²) in [5.41, 5.74) is 17.4. The number of hydrogen-bond donors (Lipinski definition) is 0. The van der Waals surface area contributed by atoms with Crippen LogP contribution in [0.4, 0.5) is 0 Å². The average Bonchev–Trinajstić information content (AvgIpc) is 4.16. The van der Waals surface area contributed by atoms with E-state index in [0.29, 0.717) is 0 Å². The van der Waals surface area contributed by atoms with E-state index in [9.17, 15) is 0 Å². The minimum atomic E-state index is 0.891. The molecule has 0 aliphatic carbocycles. The van der Waals surface area contributed by atoms with E-state index in [4.69, 9.17) is 4.98 Å². The summed E-state index contributed by atoms with van der Waals surface area (Å²) in [7, 11) is 0. The molecule has 0 aliphatic heterocycles. The SMILES string of the molecule is c1cc(-c2cc(-n3c4ccccc4c4ccccc43)cc(-n3c4ccccc4c4ccccc43)c2)nc(-c2cc(-n3c4ccccc4c4ccccc43)cc(-n3c4ccccc4c4ccccc43)c2)c1. The van der Waals surface area contributed by atoms with Gasteiger partial charge >= 0.3 is 0 Å². The lowest BCUT2D eigenvalue weighted by Gasteiger charge is -2.17. The van der Waals surface area contributed by atoms with Gasteiger partial charge in [0.05, 0.1) is 55.5 Å². The first-order chi connectivity index (χ1) is 34.7. The Bertz CT molecular complexity index is 3850. The van der Waals surface area contributed by atoms with Crippen LogP contribution >= 0.6 is 0 Å². The third-order valence-electron chi connectivity index (χ3n) is 14.5. The minimum absolute atomic E-state index is 0.891. The minimum Gasteiger partial charge on any atom is -0.309 e. The van der Waals surface area contributed by atoms with Crippen LogP contribution in [0.3, 0.4) is 0 Å². The first kappa shape index (κ1) is 38.6. The largest absolute Gasteiger partial charge is 0.309 e. The van der Waals surface area contributed by atoms with Crippen molar-refractivity contribution in [2.75, 3.05) is 0 Å². The van der Waals surface area contributed by atoms with Gasteiger partial charge in [-0.05, 0) is 97.1 Å². The van der Waals surface area contributed by atoms with Crippen molar-refractivity contribution in [2.45, 2.75) is 0 Å². The maximum absolute atomic E-state index is 5.66. The Morgan fingerprint density at radius 1 is 0.200 bits per heavy atom. The smallest absolute Gasteiger partial charge is 0.0711 e. The average molecular weight is 892 g/mol. The van der Waals surface area contributed by atoms with Crippen molar-refractivity contribution in [1.82, 2.24) is 23.3 Å². The number of hydrogen-bond acceptors (Lipinski definition) is 1. The molecule has 0 radical (unpaired) electrons. The fraction of sp³-hybridized carbons (Fsp3) is 0. The van der Waals surface area contributed by atoms with Gasteiger partial charge in [-0.3, -0.25) is 0 Å². The van der Waals surface area contributed by atoms with Crippen LogP contribution in [-0.4, -0.2) is 23.3 Å². The molecule has 0 aliphatic rings. The van der Waals surface area contributed by atoms with Crippen molar-refractivity contribution in [3.63, 3.8) is 0 Å². The van der Waals surface area contributed by atoms with Gasteiger partial charge in [0.25, 0.3) is 0 Å². The second-order valence-corrected chi connectivity index (χ2v) is 18.4. The summed E-state index contributed by atoms with van der Waals surface area (Å²) < 4.78 is 9.68.